The number of hydrogen-bond acceptors (Lipinski definition) is 4. The summed E-state index contributed by atoms with van der Waals surface area (Å²) in [6.07, 6.45) is 7.25. The minimum atomic E-state index is -0.0952. The molecule has 20 heavy (non-hydrogen) atoms. The van der Waals surface area contributed by atoms with Crippen LogP contribution in [0.4, 0.5) is 0 Å². The van der Waals surface area contributed by atoms with Crippen LogP contribution in [-0.2, 0) is 4.79 Å². The van der Waals surface area contributed by atoms with Crippen molar-refractivity contribution in [3.8, 4) is 0 Å². The number of allylic oxidation sites excluding steroid dienone is 1. The van der Waals surface area contributed by atoms with Gasteiger partial charge in [0.1, 0.15) is 5.37 Å². The van der Waals surface area contributed by atoms with Gasteiger partial charge in [0, 0.05) is 23.0 Å². The van der Waals surface area contributed by atoms with E-state index >= 15 is 0 Å². The number of carbonyl (C=O) groups excluding carboxylic acids is 1. The van der Waals surface area contributed by atoms with Crippen LogP contribution in [0.25, 0.3) is 4.91 Å². The van der Waals surface area contributed by atoms with E-state index in [9.17, 15) is 4.79 Å². The van der Waals surface area contributed by atoms with Gasteiger partial charge in [0.25, 0.3) is 5.91 Å². The first-order chi connectivity index (χ1) is 9.75. The minimum absolute atomic E-state index is 0.0952. The molecule has 0 saturated carbocycles. The zero-order valence-corrected chi connectivity index (χ0v) is 12.4. The topological polar surface area (TPSA) is 45.2 Å². The summed E-state index contributed by atoms with van der Waals surface area (Å²) in [4.78, 5) is 19.8. The Morgan fingerprint density at radius 3 is 2.65 bits per heavy atom. The Morgan fingerprint density at radius 1 is 1.25 bits per heavy atom. The number of amides is 1. The van der Waals surface area contributed by atoms with Crippen LogP contribution in [0.2, 0.25) is 0 Å². The Hall–Kier alpha value is -1.33. The van der Waals surface area contributed by atoms with Crippen LogP contribution in [0.1, 0.15) is 31.7 Å². The molecule has 0 aromatic carbocycles. The van der Waals surface area contributed by atoms with Crippen molar-refractivity contribution in [3.63, 3.8) is 0 Å². The van der Waals surface area contributed by atoms with E-state index in [-0.39, 0.29) is 11.3 Å². The van der Waals surface area contributed by atoms with Crippen LogP contribution in [-0.4, -0.2) is 34.3 Å². The number of aromatic nitrogens is 1. The summed E-state index contributed by atoms with van der Waals surface area (Å²) in [5.74, 6) is 0.118. The molecule has 2 aliphatic rings. The summed E-state index contributed by atoms with van der Waals surface area (Å²) in [5, 5.41) is 2.94. The van der Waals surface area contributed by atoms with Crippen molar-refractivity contribution in [1.29, 1.82) is 0 Å². The number of carbonyl (C=O) groups is 1. The highest BCUT2D eigenvalue weighted by atomic mass is 32.2. The van der Waals surface area contributed by atoms with Crippen LogP contribution >= 0.6 is 11.8 Å². The Labute approximate surface area is 123 Å². The fourth-order valence-electron chi connectivity index (χ4n) is 2.74. The molecule has 1 fully saturated rings. The lowest BCUT2D eigenvalue weighted by molar-refractivity contribution is -0.123. The summed E-state index contributed by atoms with van der Waals surface area (Å²) < 4.78 is 0. The number of nitrogens with one attached hydrogen (secondary N) is 1. The maximum absolute atomic E-state index is 12.3. The molecule has 1 saturated heterocycles. The molecular weight excluding hydrogens is 270 g/mol. The molecule has 1 N–H and O–H groups in total. The Balaban J connectivity index is 1.84. The van der Waals surface area contributed by atoms with E-state index in [2.05, 4.69) is 15.2 Å². The Kier molecular flexibility index (Phi) is 4.08. The predicted molar refractivity (Wildman–Crippen MR) is 81.8 cm³/mol. The summed E-state index contributed by atoms with van der Waals surface area (Å²) in [6.45, 7) is 4.01. The van der Waals surface area contributed by atoms with Crippen molar-refractivity contribution < 1.29 is 4.79 Å². The van der Waals surface area contributed by atoms with Gasteiger partial charge < -0.3 is 5.32 Å². The molecule has 3 heterocycles. The van der Waals surface area contributed by atoms with Gasteiger partial charge in [0.15, 0.2) is 0 Å². The van der Waals surface area contributed by atoms with Crippen LogP contribution < -0.4 is 5.32 Å². The first-order valence-electron chi connectivity index (χ1n) is 7.08. The number of thioether (sulfide) groups is 1. The Morgan fingerprint density at radius 2 is 1.95 bits per heavy atom. The first-order valence-corrected chi connectivity index (χ1v) is 7.96. The predicted octanol–water partition coefficient (Wildman–Crippen LogP) is 2.45. The van der Waals surface area contributed by atoms with Gasteiger partial charge in [-0.3, -0.25) is 14.7 Å². The van der Waals surface area contributed by atoms with E-state index in [0.717, 1.165) is 29.3 Å². The SMILES string of the molecule is CC1=C(c2ccncc2)SC(N2CCCCC2)C(=O)N1. The first kappa shape index (κ1) is 13.6. The molecule has 2 aliphatic heterocycles. The van der Waals surface area contributed by atoms with Crippen molar-refractivity contribution in [2.24, 2.45) is 0 Å². The number of likely N-dealkylation sites (tertiary alicyclic amines) is 1. The highest BCUT2D eigenvalue weighted by Crippen LogP contribution is 2.38. The van der Waals surface area contributed by atoms with E-state index in [4.69, 9.17) is 0 Å². The minimum Gasteiger partial charge on any atom is -0.327 e. The van der Waals surface area contributed by atoms with Gasteiger partial charge in [-0.15, -0.1) is 0 Å². The molecule has 1 aromatic heterocycles. The van der Waals surface area contributed by atoms with Crippen LogP contribution in [0.3, 0.4) is 0 Å². The molecule has 1 amide bonds. The van der Waals surface area contributed by atoms with Crippen molar-refractivity contribution in [1.82, 2.24) is 15.2 Å². The van der Waals surface area contributed by atoms with Gasteiger partial charge in [-0.25, -0.2) is 0 Å². The smallest absolute Gasteiger partial charge is 0.252 e. The third-order valence-corrected chi connectivity index (χ3v) is 5.28. The molecule has 1 atom stereocenters. The molecular formula is C15H19N3OS. The van der Waals surface area contributed by atoms with E-state index in [0.29, 0.717) is 0 Å². The van der Waals surface area contributed by atoms with Gasteiger partial charge in [-0.1, -0.05) is 18.2 Å². The van der Waals surface area contributed by atoms with E-state index in [1.54, 1.807) is 24.2 Å². The van der Waals surface area contributed by atoms with Gasteiger partial charge in [0.05, 0.1) is 0 Å². The van der Waals surface area contributed by atoms with Gasteiger partial charge in [0.2, 0.25) is 0 Å². The lowest BCUT2D eigenvalue weighted by atomic mass is 10.1. The molecule has 0 aliphatic carbocycles. The molecule has 106 valence electrons. The lowest BCUT2D eigenvalue weighted by Crippen LogP contribution is -2.48. The molecule has 1 aromatic rings. The number of hydrogen-bond donors (Lipinski definition) is 1. The lowest BCUT2D eigenvalue weighted by Gasteiger charge is -2.36. The third kappa shape index (κ3) is 2.74. The third-order valence-electron chi connectivity index (χ3n) is 3.77. The van der Waals surface area contributed by atoms with Crippen molar-refractivity contribution >= 4 is 22.6 Å². The average Bonchev–Trinajstić information content (AvgIpc) is 2.49. The van der Waals surface area contributed by atoms with Gasteiger partial charge in [-0.2, -0.15) is 0 Å². The molecule has 5 heteroatoms. The fraction of sp³-hybridized carbons (Fsp3) is 0.467. The normalized spacial score (nSPS) is 24.6. The largest absolute Gasteiger partial charge is 0.327 e. The molecule has 4 nitrogen and oxygen atoms in total. The van der Waals surface area contributed by atoms with Crippen molar-refractivity contribution in [3.05, 3.63) is 35.8 Å². The summed E-state index contributed by atoms with van der Waals surface area (Å²) in [7, 11) is 0. The van der Waals surface area contributed by atoms with E-state index in [1.165, 1.54) is 19.3 Å². The van der Waals surface area contributed by atoms with Crippen LogP contribution in [0.15, 0.2) is 30.2 Å². The molecule has 3 rings (SSSR count). The average molecular weight is 289 g/mol. The maximum Gasteiger partial charge on any atom is 0.252 e. The zero-order chi connectivity index (χ0) is 13.9. The van der Waals surface area contributed by atoms with Crippen LogP contribution in [0.5, 0.6) is 0 Å². The molecule has 0 spiro atoms. The molecule has 0 radical (unpaired) electrons. The highest BCUT2D eigenvalue weighted by molar-refractivity contribution is 8.09. The maximum atomic E-state index is 12.3. The second kappa shape index (κ2) is 5.97. The van der Waals surface area contributed by atoms with Crippen molar-refractivity contribution in [2.75, 3.05) is 13.1 Å². The van der Waals surface area contributed by atoms with Crippen molar-refractivity contribution in [2.45, 2.75) is 31.6 Å². The number of pyridine rings is 1. The van der Waals surface area contributed by atoms with Gasteiger partial charge >= 0.3 is 0 Å². The molecule has 1 unspecified atom stereocenters. The fourth-order valence-corrected chi connectivity index (χ4v) is 3.99. The Bertz CT molecular complexity index is 523. The zero-order valence-electron chi connectivity index (χ0n) is 11.6. The van der Waals surface area contributed by atoms with Gasteiger partial charge in [-0.05, 0) is 50.6 Å². The van der Waals surface area contributed by atoms with Crippen LogP contribution in [0, 0.1) is 0 Å². The number of rotatable bonds is 2. The van der Waals surface area contributed by atoms with E-state index < -0.39 is 0 Å². The second-order valence-electron chi connectivity index (χ2n) is 5.25. The number of nitrogens with zero attached hydrogens (tertiary/aromatic N) is 2. The quantitative estimate of drug-likeness (QED) is 0.908. The second-order valence-corrected chi connectivity index (χ2v) is 6.34. The summed E-state index contributed by atoms with van der Waals surface area (Å²) in [6, 6.07) is 3.99. The van der Waals surface area contributed by atoms with E-state index in [1.807, 2.05) is 19.1 Å². The standard InChI is InChI=1S/C15H19N3OS/c1-11-13(12-5-7-16-8-6-12)20-15(14(19)17-11)18-9-3-2-4-10-18/h5-8,15H,2-4,9-10H2,1H3,(H,17,19). The summed E-state index contributed by atoms with van der Waals surface area (Å²) >= 11 is 1.67. The highest BCUT2D eigenvalue weighted by Gasteiger charge is 2.33. The number of piperidine rings is 1. The summed E-state index contributed by atoms with van der Waals surface area (Å²) in [5.41, 5.74) is 2.07. The molecule has 0 bridgehead atoms. The monoisotopic (exact) mass is 289 g/mol.